The van der Waals surface area contributed by atoms with Crippen LogP contribution in [0.15, 0.2) is 53.0 Å². The molecule has 1 heterocycles. The van der Waals surface area contributed by atoms with Crippen molar-refractivity contribution in [1.82, 2.24) is 10.9 Å². The molecule has 0 saturated heterocycles. The predicted molar refractivity (Wildman–Crippen MR) is 86.1 cm³/mol. The number of carbonyl (C=O) groups excluding carboxylic acids is 2. The average molecular weight is 377 g/mol. The van der Waals surface area contributed by atoms with Gasteiger partial charge in [-0.3, -0.25) is 20.4 Å². The third-order valence-corrected chi connectivity index (χ3v) is 3.91. The summed E-state index contributed by atoms with van der Waals surface area (Å²) in [6.07, 6.45) is -0.829. The molecule has 0 radical (unpaired) electrons. The molecule has 2 amide bonds. The highest BCUT2D eigenvalue weighted by atomic mass is 79.9. The number of nitrogens with one attached hydrogen (secondary N) is 2. The van der Waals surface area contributed by atoms with E-state index >= 15 is 0 Å². The predicted octanol–water partition coefficient (Wildman–Crippen LogP) is 2.05. The number of para-hydroxylation sites is 2. The molecular formula is C16H13BrN2O4. The van der Waals surface area contributed by atoms with E-state index in [-0.39, 0.29) is 6.61 Å². The summed E-state index contributed by atoms with van der Waals surface area (Å²) < 4.78 is 11.7. The molecule has 2 N–H and O–H groups in total. The number of rotatable bonds is 2. The SMILES string of the molecule is O=C(NNC(=O)C1COc2ccccc2O1)c1ccccc1Br. The van der Waals surface area contributed by atoms with E-state index < -0.39 is 17.9 Å². The summed E-state index contributed by atoms with van der Waals surface area (Å²) in [6, 6.07) is 14.0. The number of amides is 2. The van der Waals surface area contributed by atoms with Crippen LogP contribution in [-0.4, -0.2) is 24.5 Å². The molecule has 0 aromatic heterocycles. The van der Waals surface area contributed by atoms with Gasteiger partial charge in [-0.15, -0.1) is 0 Å². The Morgan fingerprint density at radius 1 is 1.00 bits per heavy atom. The zero-order chi connectivity index (χ0) is 16.2. The largest absolute Gasteiger partial charge is 0.485 e. The number of carbonyl (C=O) groups is 2. The Labute approximate surface area is 140 Å². The summed E-state index contributed by atoms with van der Waals surface area (Å²) in [6.45, 7) is 0.0771. The zero-order valence-electron chi connectivity index (χ0n) is 11.9. The average Bonchev–Trinajstić information content (AvgIpc) is 2.59. The van der Waals surface area contributed by atoms with Gasteiger partial charge in [0.25, 0.3) is 11.8 Å². The monoisotopic (exact) mass is 376 g/mol. The quantitative estimate of drug-likeness (QED) is 0.786. The van der Waals surface area contributed by atoms with Crippen molar-refractivity contribution in [1.29, 1.82) is 0 Å². The second kappa shape index (κ2) is 6.70. The molecule has 0 spiro atoms. The molecule has 0 aliphatic carbocycles. The van der Waals surface area contributed by atoms with Crippen LogP contribution >= 0.6 is 15.9 Å². The van der Waals surface area contributed by atoms with Crippen LogP contribution in [0.4, 0.5) is 0 Å². The van der Waals surface area contributed by atoms with Gasteiger partial charge in [-0.05, 0) is 40.2 Å². The molecule has 2 aromatic carbocycles. The van der Waals surface area contributed by atoms with Crippen LogP contribution in [0.1, 0.15) is 10.4 Å². The first-order valence-corrected chi connectivity index (χ1v) is 7.67. The van der Waals surface area contributed by atoms with Gasteiger partial charge in [-0.2, -0.15) is 0 Å². The van der Waals surface area contributed by atoms with Gasteiger partial charge in [-0.25, -0.2) is 0 Å². The highest BCUT2D eigenvalue weighted by Gasteiger charge is 2.27. The third kappa shape index (κ3) is 3.45. The summed E-state index contributed by atoms with van der Waals surface area (Å²) in [7, 11) is 0. The lowest BCUT2D eigenvalue weighted by Gasteiger charge is -2.25. The van der Waals surface area contributed by atoms with Gasteiger partial charge in [0.15, 0.2) is 11.5 Å². The molecule has 1 atom stereocenters. The van der Waals surface area contributed by atoms with E-state index in [2.05, 4.69) is 26.8 Å². The molecular weight excluding hydrogens is 364 g/mol. The van der Waals surface area contributed by atoms with Crippen molar-refractivity contribution in [2.24, 2.45) is 0 Å². The van der Waals surface area contributed by atoms with Gasteiger partial charge >= 0.3 is 0 Å². The number of benzene rings is 2. The van der Waals surface area contributed by atoms with E-state index in [4.69, 9.17) is 9.47 Å². The molecule has 0 fully saturated rings. The highest BCUT2D eigenvalue weighted by Crippen LogP contribution is 2.30. The molecule has 0 bridgehead atoms. The number of ether oxygens (including phenoxy) is 2. The fourth-order valence-electron chi connectivity index (χ4n) is 2.06. The third-order valence-electron chi connectivity index (χ3n) is 3.22. The van der Waals surface area contributed by atoms with Gasteiger partial charge in [-0.1, -0.05) is 24.3 Å². The summed E-state index contributed by atoms with van der Waals surface area (Å²) in [5, 5.41) is 0. The molecule has 7 heteroatoms. The molecule has 6 nitrogen and oxygen atoms in total. The van der Waals surface area contributed by atoms with Crippen LogP contribution in [0.25, 0.3) is 0 Å². The Morgan fingerprint density at radius 2 is 1.70 bits per heavy atom. The summed E-state index contributed by atoms with van der Waals surface area (Å²) in [5.74, 6) is 0.174. The minimum Gasteiger partial charge on any atom is -0.485 e. The molecule has 1 aliphatic rings. The lowest BCUT2D eigenvalue weighted by molar-refractivity contribution is -0.131. The minimum atomic E-state index is -0.829. The fourth-order valence-corrected chi connectivity index (χ4v) is 2.53. The van der Waals surface area contributed by atoms with E-state index in [1.165, 1.54) is 0 Å². The lowest BCUT2D eigenvalue weighted by Crippen LogP contribution is -2.50. The van der Waals surface area contributed by atoms with Crippen molar-refractivity contribution in [3.05, 3.63) is 58.6 Å². The van der Waals surface area contributed by atoms with Crippen LogP contribution in [0.3, 0.4) is 0 Å². The zero-order valence-corrected chi connectivity index (χ0v) is 13.5. The molecule has 1 aliphatic heterocycles. The molecule has 118 valence electrons. The van der Waals surface area contributed by atoms with Gasteiger partial charge < -0.3 is 9.47 Å². The maximum absolute atomic E-state index is 12.1. The van der Waals surface area contributed by atoms with Crippen LogP contribution in [0.2, 0.25) is 0 Å². The van der Waals surface area contributed by atoms with Crippen molar-refractivity contribution in [3.8, 4) is 11.5 Å². The Kier molecular flexibility index (Phi) is 4.47. The Hall–Kier alpha value is -2.54. The molecule has 3 rings (SSSR count). The van der Waals surface area contributed by atoms with Crippen molar-refractivity contribution in [3.63, 3.8) is 0 Å². The summed E-state index contributed by atoms with van der Waals surface area (Å²) in [5.41, 5.74) is 5.12. The number of hydrogen-bond acceptors (Lipinski definition) is 4. The lowest BCUT2D eigenvalue weighted by atomic mass is 10.2. The van der Waals surface area contributed by atoms with Gasteiger partial charge in [0.1, 0.15) is 6.61 Å². The topological polar surface area (TPSA) is 76.7 Å². The second-order valence-corrected chi connectivity index (χ2v) is 5.64. The van der Waals surface area contributed by atoms with Crippen LogP contribution in [-0.2, 0) is 4.79 Å². The van der Waals surface area contributed by atoms with Gasteiger partial charge in [0.05, 0.1) is 5.56 Å². The smallest absolute Gasteiger partial charge is 0.283 e. The van der Waals surface area contributed by atoms with Gasteiger partial charge in [0, 0.05) is 4.47 Å². The number of hydrazine groups is 1. The Bertz CT molecular complexity index is 750. The summed E-state index contributed by atoms with van der Waals surface area (Å²) in [4.78, 5) is 24.1. The molecule has 0 saturated carbocycles. The first-order valence-electron chi connectivity index (χ1n) is 6.88. The first kappa shape index (κ1) is 15.4. The van der Waals surface area contributed by atoms with Crippen LogP contribution in [0.5, 0.6) is 11.5 Å². The minimum absolute atomic E-state index is 0.0771. The molecule has 1 unspecified atom stereocenters. The van der Waals surface area contributed by atoms with Gasteiger partial charge in [0.2, 0.25) is 6.10 Å². The van der Waals surface area contributed by atoms with Crippen molar-refractivity contribution in [2.45, 2.75) is 6.10 Å². The normalized spacial score (nSPS) is 15.6. The van der Waals surface area contributed by atoms with Crippen molar-refractivity contribution in [2.75, 3.05) is 6.61 Å². The van der Waals surface area contributed by atoms with E-state index in [0.29, 0.717) is 21.5 Å². The standard InChI is InChI=1S/C16H13BrN2O4/c17-11-6-2-1-5-10(11)15(20)18-19-16(21)14-9-22-12-7-3-4-8-13(12)23-14/h1-8,14H,9H2,(H,18,20)(H,19,21). The van der Waals surface area contributed by atoms with Crippen molar-refractivity contribution < 1.29 is 19.1 Å². The fraction of sp³-hybridized carbons (Fsp3) is 0.125. The first-order chi connectivity index (χ1) is 11.1. The summed E-state index contributed by atoms with van der Waals surface area (Å²) >= 11 is 3.28. The number of hydrogen-bond donors (Lipinski definition) is 2. The second-order valence-electron chi connectivity index (χ2n) is 4.79. The maximum Gasteiger partial charge on any atom is 0.283 e. The van der Waals surface area contributed by atoms with Crippen molar-refractivity contribution >= 4 is 27.7 Å². The Morgan fingerprint density at radius 3 is 2.48 bits per heavy atom. The Balaban J connectivity index is 1.58. The number of halogens is 1. The maximum atomic E-state index is 12.1. The molecule has 2 aromatic rings. The molecule has 23 heavy (non-hydrogen) atoms. The number of fused-ring (bicyclic) bond motifs is 1. The van der Waals surface area contributed by atoms with Crippen LogP contribution < -0.4 is 20.3 Å². The van der Waals surface area contributed by atoms with E-state index in [9.17, 15) is 9.59 Å². The highest BCUT2D eigenvalue weighted by molar-refractivity contribution is 9.10. The van der Waals surface area contributed by atoms with E-state index in [1.54, 1.807) is 42.5 Å². The van der Waals surface area contributed by atoms with E-state index in [0.717, 1.165) is 0 Å². The van der Waals surface area contributed by atoms with E-state index in [1.807, 2.05) is 6.07 Å². The van der Waals surface area contributed by atoms with Crippen LogP contribution in [0, 0.1) is 0 Å².